The van der Waals surface area contributed by atoms with Crippen LogP contribution in [0, 0.1) is 0 Å². The SMILES string of the molecule is COc1ccc(C(CNC(=O)c2cc(OC)c(OC)c(OC)c2)N2CCOCC2)cc1OC. The van der Waals surface area contributed by atoms with Gasteiger partial charge in [-0.1, -0.05) is 6.07 Å². The van der Waals surface area contributed by atoms with Crippen LogP contribution in [0.4, 0.5) is 0 Å². The van der Waals surface area contributed by atoms with Gasteiger partial charge in [-0.15, -0.1) is 0 Å². The molecule has 1 unspecified atom stereocenters. The van der Waals surface area contributed by atoms with E-state index in [9.17, 15) is 4.79 Å². The third kappa shape index (κ3) is 5.61. The number of amides is 1. The summed E-state index contributed by atoms with van der Waals surface area (Å²) in [4.78, 5) is 15.4. The average Bonchev–Trinajstić information content (AvgIpc) is 2.88. The van der Waals surface area contributed by atoms with Gasteiger partial charge in [0.15, 0.2) is 23.0 Å². The van der Waals surface area contributed by atoms with Gasteiger partial charge in [-0.3, -0.25) is 9.69 Å². The van der Waals surface area contributed by atoms with Gasteiger partial charge in [-0.05, 0) is 29.8 Å². The van der Waals surface area contributed by atoms with E-state index < -0.39 is 0 Å². The average molecular weight is 461 g/mol. The van der Waals surface area contributed by atoms with Crippen LogP contribution in [0.3, 0.4) is 0 Å². The molecule has 1 N–H and O–H groups in total. The Balaban J connectivity index is 1.85. The number of morpholine rings is 1. The summed E-state index contributed by atoms with van der Waals surface area (Å²) in [6, 6.07) is 9.02. The molecule has 1 saturated heterocycles. The number of hydrogen-bond donors (Lipinski definition) is 1. The minimum atomic E-state index is -0.243. The monoisotopic (exact) mass is 460 g/mol. The summed E-state index contributed by atoms with van der Waals surface area (Å²) >= 11 is 0. The summed E-state index contributed by atoms with van der Waals surface area (Å²) < 4.78 is 32.5. The minimum absolute atomic E-state index is 0.0697. The second-order valence-electron chi connectivity index (χ2n) is 7.40. The van der Waals surface area contributed by atoms with Crippen molar-refractivity contribution in [3.63, 3.8) is 0 Å². The summed E-state index contributed by atoms with van der Waals surface area (Å²) in [6.07, 6.45) is 0. The molecule has 9 heteroatoms. The van der Waals surface area contributed by atoms with Crippen LogP contribution in [-0.2, 0) is 4.74 Å². The molecule has 2 aromatic carbocycles. The second kappa shape index (κ2) is 11.6. The number of ether oxygens (including phenoxy) is 6. The summed E-state index contributed by atoms with van der Waals surface area (Å²) in [7, 11) is 7.78. The zero-order valence-electron chi connectivity index (χ0n) is 19.8. The third-order valence-electron chi connectivity index (χ3n) is 5.66. The van der Waals surface area contributed by atoms with Crippen molar-refractivity contribution in [1.29, 1.82) is 0 Å². The fraction of sp³-hybridized carbons (Fsp3) is 0.458. The van der Waals surface area contributed by atoms with E-state index >= 15 is 0 Å². The van der Waals surface area contributed by atoms with E-state index in [4.69, 9.17) is 28.4 Å². The van der Waals surface area contributed by atoms with E-state index in [2.05, 4.69) is 10.2 Å². The number of methoxy groups -OCH3 is 5. The van der Waals surface area contributed by atoms with Crippen LogP contribution in [-0.4, -0.2) is 79.2 Å². The van der Waals surface area contributed by atoms with Gasteiger partial charge in [-0.25, -0.2) is 0 Å². The van der Waals surface area contributed by atoms with Crippen molar-refractivity contribution in [2.75, 3.05) is 68.4 Å². The van der Waals surface area contributed by atoms with Gasteiger partial charge in [0, 0.05) is 25.2 Å². The van der Waals surface area contributed by atoms with Gasteiger partial charge in [0.1, 0.15) is 0 Å². The number of nitrogens with one attached hydrogen (secondary N) is 1. The molecule has 1 aliphatic heterocycles. The molecule has 0 radical (unpaired) electrons. The van der Waals surface area contributed by atoms with Crippen LogP contribution in [0.1, 0.15) is 22.0 Å². The highest BCUT2D eigenvalue weighted by atomic mass is 16.5. The molecule has 0 aliphatic carbocycles. The topological polar surface area (TPSA) is 87.7 Å². The molecule has 0 spiro atoms. The summed E-state index contributed by atoms with van der Waals surface area (Å²) in [6.45, 7) is 3.21. The maximum atomic E-state index is 13.1. The Bertz CT molecular complexity index is 919. The quantitative estimate of drug-likeness (QED) is 0.579. The van der Waals surface area contributed by atoms with E-state index in [0.717, 1.165) is 18.7 Å². The molecule has 0 saturated carbocycles. The zero-order valence-corrected chi connectivity index (χ0v) is 19.8. The van der Waals surface area contributed by atoms with Crippen molar-refractivity contribution < 1.29 is 33.2 Å². The van der Waals surface area contributed by atoms with Crippen LogP contribution in [0.15, 0.2) is 30.3 Å². The number of benzene rings is 2. The van der Waals surface area contributed by atoms with Gasteiger partial charge in [-0.2, -0.15) is 0 Å². The molecule has 1 aliphatic rings. The van der Waals surface area contributed by atoms with Crippen LogP contribution in [0.2, 0.25) is 0 Å². The standard InChI is InChI=1S/C24H32N2O7/c1-28-19-7-6-16(12-20(19)29-2)18(26-8-10-33-11-9-26)15-25-24(27)17-13-21(30-3)23(32-5)22(14-17)31-4/h6-7,12-14,18H,8-11,15H2,1-5H3,(H,25,27). The van der Waals surface area contributed by atoms with E-state index in [1.54, 1.807) is 26.4 Å². The summed E-state index contributed by atoms with van der Waals surface area (Å²) in [5.41, 5.74) is 1.43. The number of rotatable bonds is 10. The van der Waals surface area contributed by atoms with Crippen molar-refractivity contribution in [1.82, 2.24) is 10.2 Å². The van der Waals surface area contributed by atoms with E-state index in [1.165, 1.54) is 21.3 Å². The molecule has 0 bridgehead atoms. The van der Waals surface area contributed by atoms with Gasteiger partial charge in [0.25, 0.3) is 5.91 Å². The maximum absolute atomic E-state index is 13.1. The highest BCUT2D eigenvalue weighted by Crippen LogP contribution is 2.38. The van der Waals surface area contributed by atoms with E-state index in [0.29, 0.717) is 54.1 Å². The van der Waals surface area contributed by atoms with Crippen molar-refractivity contribution in [3.8, 4) is 28.7 Å². The maximum Gasteiger partial charge on any atom is 0.251 e. The lowest BCUT2D eigenvalue weighted by Crippen LogP contribution is -2.43. The molecule has 33 heavy (non-hydrogen) atoms. The lowest BCUT2D eigenvalue weighted by molar-refractivity contribution is 0.0162. The normalized spacial score (nSPS) is 14.8. The molecule has 0 aromatic heterocycles. The molecule has 2 aromatic rings. The molecule has 3 rings (SSSR count). The number of carbonyl (C=O) groups is 1. The number of carbonyl (C=O) groups excluding carboxylic acids is 1. The predicted molar refractivity (Wildman–Crippen MR) is 123 cm³/mol. The Kier molecular flexibility index (Phi) is 8.62. The van der Waals surface area contributed by atoms with Gasteiger partial charge >= 0.3 is 0 Å². The lowest BCUT2D eigenvalue weighted by Gasteiger charge is -2.35. The fourth-order valence-corrected chi connectivity index (χ4v) is 3.91. The fourth-order valence-electron chi connectivity index (χ4n) is 3.91. The molecule has 1 fully saturated rings. The molecule has 1 amide bonds. The first-order valence-corrected chi connectivity index (χ1v) is 10.7. The number of nitrogens with zero attached hydrogens (tertiary/aromatic N) is 1. The zero-order chi connectivity index (χ0) is 23.8. The Morgan fingerprint density at radius 1 is 0.879 bits per heavy atom. The highest BCUT2D eigenvalue weighted by molar-refractivity contribution is 5.95. The Morgan fingerprint density at radius 2 is 1.48 bits per heavy atom. The molecular weight excluding hydrogens is 428 g/mol. The van der Waals surface area contributed by atoms with Gasteiger partial charge < -0.3 is 33.7 Å². The molecule has 9 nitrogen and oxygen atoms in total. The van der Waals surface area contributed by atoms with Crippen molar-refractivity contribution in [2.24, 2.45) is 0 Å². The predicted octanol–water partition coefficient (Wildman–Crippen LogP) is 2.53. The van der Waals surface area contributed by atoms with Crippen LogP contribution in [0.5, 0.6) is 28.7 Å². The van der Waals surface area contributed by atoms with Crippen LogP contribution >= 0.6 is 0 Å². The smallest absolute Gasteiger partial charge is 0.251 e. The largest absolute Gasteiger partial charge is 0.493 e. The highest BCUT2D eigenvalue weighted by Gasteiger charge is 2.25. The molecule has 1 atom stereocenters. The number of hydrogen-bond acceptors (Lipinski definition) is 8. The van der Waals surface area contributed by atoms with E-state index in [-0.39, 0.29) is 11.9 Å². The first-order valence-electron chi connectivity index (χ1n) is 10.7. The lowest BCUT2D eigenvalue weighted by atomic mass is 10.0. The summed E-state index contributed by atoms with van der Waals surface area (Å²) in [5.74, 6) is 2.34. The van der Waals surface area contributed by atoms with E-state index in [1.807, 2.05) is 18.2 Å². The first-order chi connectivity index (χ1) is 16.1. The molecule has 180 valence electrons. The molecule has 1 heterocycles. The van der Waals surface area contributed by atoms with Crippen LogP contribution in [0.25, 0.3) is 0 Å². The Labute approximate surface area is 194 Å². The van der Waals surface area contributed by atoms with Gasteiger partial charge in [0.05, 0.1) is 54.8 Å². The van der Waals surface area contributed by atoms with Crippen molar-refractivity contribution >= 4 is 5.91 Å². The van der Waals surface area contributed by atoms with Crippen molar-refractivity contribution in [3.05, 3.63) is 41.5 Å². The summed E-state index contributed by atoms with van der Waals surface area (Å²) in [5, 5.41) is 3.06. The molecular formula is C24H32N2O7. The van der Waals surface area contributed by atoms with Gasteiger partial charge in [0.2, 0.25) is 5.75 Å². The Hall–Kier alpha value is -3.17. The van der Waals surface area contributed by atoms with Crippen LogP contribution < -0.4 is 29.0 Å². The second-order valence-corrected chi connectivity index (χ2v) is 7.40. The first kappa shape index (κ1) is 24.5. The minimum Gasteiger partial charge on any atom is -0.493 e. The van der Waals surface area contributed by atoms with Crippen molar-refractivity contribution in [2.45, 2.75) is 6.04 Å². The Morgan fingerprint density at radius 3 is 2.03 bits per heavy atom. The third-order valence-corrected chi connectivity index (χ3v) is 5.66.